The molecule has 0 radical (unpaired) electrons. The van der Waals surface area contributed by atoms with Gasteiger partial charge in [0.05, 0.1) is 40.3 Å². The molecule has 3 heterocycles. The third-order valence-corrected chi connectivity index (χ3v) is 7.21. The van der Waals surface area contributed by atoms with Crippen LogP contribution in [0.2, 0.25) is 5.15 Å². The van der Waals surface area contributed by atoms with E-state index in [9.17, 15) is 9.59 Å². The molecule has 0 spiro atoms. The number of allylic oxidation sites excluding steroid dienone is 1. The maximum Gasteiger partial charge on any atom is 0.338 e. The Kier molecular flexibility index (Phi) is 6.00. The summed E-state index contributed by atoms with van der Waals surface area (Å²) in [5.74, 6) is -0.516. The molecule has 0 amide bonds. The minimum absolute atomic E-state index is 0.264. The second kappa shape index (κ2) is 9.13. The summed E-state index contributed by atoms with van der Waals surface area (Å²) in [6, 6.07) is 18.3. The van der Waals surface area contributed by atoms with E-state index in [0.717, 1.165) is 11.3 Å². The first-order valence-corrected chi connectivity index (χ1v) is 12.1. The highest BCUT2D eigenvalue weighted by Crippen LogP contribution is 2.30. The summed E-state index contributed by atoms with van der Waals surface area (Å²) < 4.78 is 8.68. The smallest absolute Gasteiger partial charge is 0.338 e. The second-order valence-electron chi connectivity index (χ2n) is 8.02. The lowest BCUT2D eigenvalue weighted by Gasteiger charge is -2.24. The zero-order valence-corrected chi connectivity index (χ0v) is 20.8. The van der Waals surface area contributed by atoms with E-state index in [-0.39, 0.29) is 5.56 Å². The lowest BCUT2D eigenvalue weighted by molar-refractivity contribution is -0.136. The number of carbonyl (C=O) groups excluding carboxylic acids is 1. The number of ether oxygens (including phenoxy) is 1. The monoisotopic (exact) mass is 504 g/mol. The van der Waals surface area contributed by atoms with Crippen LogP contribution < -0.4 is 14.9 Å². The Bertz CT molecular complexity index is 1650. The van der Waals surface area contributed by atoms with Gasteiger partial charge in [0, 0.05) is 5.56 Å². The molecular formula is C26H21ClN4O3S. The Hall–Kier alpha value is -3.75. The van der Waals surface area contributed by atoms with Crippen LogP contribution in [0.5, 0.6) is 0 Å². The number of esters is 1. The van der Waals surface area contributed by atoms with Crippen LogP contribution in [0.15, 0.2) is 81.7 Å². The van der Waals surface area contributed by atoms with Crippen LogP contribution in [-0.4, -0.2) is 27.4 Å². The van der Waals surface area contributed by atoms with Crippen molar-refractivity contribution in [1.29, 1.82) is 0 Å². The molecule has 1 aliphatic heterocycles. The van der Waals surface area contributed by atoms with Gasteiger partial charge in [-0.15, -0.1) is 0 Å². The van der Waals surface area contributed by atoms with Gasteiger partial charge in [0.2, 0.25) is 0 Å². The van der Waals surface area contributed by atoms with Crippen molar-refractivity contribution in [3.63, 3.8) is 0 Å². The lowest BCUT2D eigenvalue weighted by Crippen LogP contribution is -2.39. The van der Waals surface area contributed by atoms with E-state index in [0.29, 0.717) is 37.0 Å². The van der Waals surface area contributed by atoms with Crippen molar-refractivity contribution in [1.82, 2.24) is 14.3 Å². The van der Waals surface area contributed by atoms with Crippen molar-refractivity contribution in [2.24, 2.45) is 4.99 Å². The maximum atomic E-state index is 13.7. The van der Waals surface area contributed by atoms with Crippen LogP contribution in [0.3, 0.4) is 0 Å². The lowest BCUT2D eigenvalue weighted by atomic mass is 9.96. The Morgan fingerprint density at radius 3 is 2.40 bits per heavy atom. The van der Waals surface area contributed by atoms with Gasteiger partial charge >= 0.3 is 5.97 Å². The molecule has 1 aliphatic rings. The number of nitrogens with zero attached hydrogens (tertiary/aromatic N) is 4. The number of carbonyl (C=O) groups is 1. The predicted molar refractivity (Wildman–Crippen MR) is 136 cm³/mol. The molecule has 0 aliphatic carbocycles. The van der Waals surface area contributed by atoms with Crippen LogP contribution in [-0.2, 0) is 9.53 Å². The largest absolute Gasteiger partial charge is 0.466 e. The number of benzene rings is 2. The third kappa shape index (κ3) is 3.94. The molecule has 0 bridgehead atoms. The van der Waals surface area contributed by atoms with E-state index in [2.05, 4.69) is 10.1 Å². The first-order chi connectivity index (χ1) is 16.9. The molecule has 7 nitrogen and oxygen atoms in total. The topological polar surface area (TPSA) is 78.5 Å². The number of hydrogen-bond donors (Lipinski definition) is 0. The van der Waals surface area contributed by atoms with Crippen molar-refractivity contribution in [2.75, 3.05) is 7.11 Å². The highest BCUT2D eigenvalue weighted by Gasteiger charge is 2.33. The molecule has 9 heteroatoms. The van der Waals surface area contributed by atoms with E-state index in [1.165, 1.54) is 18.4 Å². The second-order valence-corrected chi connectivity index (χ2v) is 9.39. The highest BCUT2D eigenvalue weighted by molar-refractivity contribution is 7.07. The number of fused-ring (bicyclic) bond motifs is 1. The minimum atomic E-state index is -0.648. The van der Waals surface area contributed by atoms with E-state index >= 15 is 0 Å². The molecule has 2 aromatic heterocycles. The van der Waals surface area contributed by atoms with Gasteiger partial charge in [-0.05, 0) is 37.6 Å². The minimum Gasteiger partial charge on any atom is -0.466 e. The number of aryl methyl sites for hydroxylation is 1. The molecule has 176 valence electrons. The van der Waals surface area contributed by atoms with Crippen molar-refractivity contribution in [3.05, 3.63) is 114 Å². The van der Waals surface area contributed by atoms with Crippen molar-refractivity contribution in [2.45, 2.75) is 19.9 Å². The molecule has 0 unspecified atom stereocenters. The average molecular weight is 505 g/mol. The number of halogens is 1. The quantitative estimate of drug-likeness (QED) is 0.398. The van der Waals surface area contributed by atoms with Crippen molar-refractivity contribution in [3.8, 4) is 5.69 Å². The van der Waals surface area contributed by atoms with E-state index in [1.54, 1.807) is 22.2 Å². The van der Waals surface area contributed by atoms with Gasteiger partial charge in [-0.2, -0.15) is 5.10 Å². The molecule has 0 N–H and O–H groups in total. The summed E-state index contributed by atoms with van der Waals surface area (Å²) in [5, 5.41) is 4.97. The number of methoxy groups -OCH3 is 1. The van der Waals surface area contributed by atoms with Gasteiger partial charge in [-0.3, -0.25) is 9.36 Å². The van der Waals surface area contributed by atoms with Gasteiger partial charge in [-0.25, -0.2) is 14.5 Å². The van der Waals surface area contributed by atoms with Gasteiger partial charge in [0.15, 0.2) is 4.80 Å². The Morgan fingerprint density at radius 1 is 1.09 bits per heavy atom. The SMILES string of the molecule is COC(=O)C1=C(C)N=c2s/c(=C\c3c(C)nn(-c4ccccc4)c3Cl)c(=O)n2[C@@H]1c1ccccc1. The van der Waals surface area contributed by atoms with E-state index in [4.69, 9.17) is 16.3 Å². The Balaban J connectivity index is 1.72. The summed E-state index contributed by atoms with van der Waals surface area (Å²) in [4.78, 5) is 31.5. The van der Waals surface area contributed by atoms with Crippen LogP contribution in [0, 0.1) is 6.92 Å². The molecule has 0 saturated heterocycles. The van der Waals surface area contributed by atoms with E-state index in [1.807, 2.05) is 67.6 Å². The van der Waals surface area contributed by atoms with Gasteiger partial charge in [-0.1, -0.05) is 71.5 Å². The van der Waals surface area contributed by atoms with Gasteiger partial charge in [0.25, 0.3) is 5.56 Å². The zero-order chi connectivity index (χ0) is 24.7. The summed E-state index contributed by atoms with van der Waals surface area (Å²) in [5.41, 5.74) is 3.55. The Morgan fingerprint density at radius 2 is 1.74 bits per heavy atom. The number of rotatable bonds is 4. The van der Waals surface area contributed by atoms with Crippen molar-refractivity contribution < 1.29 is 9.53 Å². The van der Waals surface area contributed by atoms with Crippen LogP contribution in [0.25, 0.3) is 11.8 Å². The standard InChI is InChI=1S/C26H21ClN4O3S/c1-15-19(23(27)31(29-15)18-12-8-5-9-13-18)14-20-24(32)30-22(17-10-6-4-7-11-17)21(25(33)34-3)16(2)28-26(30)35-20/h4-14,22H,1-3H3/b20-14-/t22-/m1/s1. The average Bonchev–Trinajstić information content (AvgIpc) is 3.34. The Labute approximate surface area is 209 Å². The number of aromatic nitrogens is 3. The van der Waals surface area contributed by atoms with Gasteiger partial charge in [0.1, 0.15) is 5.15 Å². The summed E-state index contributed by atoms with van der Waals surface area (Å²) in [6.45, 7) is 3.60. The van der Waals surface area contributed by atoms with Crippen molar-refractivity contribution >= 4 is 35.0 Å². The van der Waals surface area contributed by atoms with Crippen LogP contribution in [0.1, 0.15) is 29.8 Å². The summed E-state index contributed by atoms with van der Waals surface area (Å²) in [7, 11) is 1.32. The first kappa shape index (κ1) is 23.0. The molecular weight excluding hydrogens is 484 g/mol. The molecule has 4 aromatic rings. The van der Waals surface area contributed by atoms with E-state index < -0.39 is 12.0 Å². The fourth-order valence-electron chi connectivity index (χ4n) is 4.19. The fourth-order valence-corrected chi connectivity index (χ4v) is 5.54. The third-order valence-electron chi connectivity index (χ3n) is 5.87. The molecule has 1 atom stereocenters. The number of para-hydroxylation sites is 1. The summed E-state index contributed by atoms with van der Waals surface area (Å²) in [6.07, 6.45) is 1.74. The highest BCUT2D eigenvalue weighted by atomic mass is 35.5. The molecule has 5 rings (SSSR count). The molecule has 35 heavy (non-hydrogen) atoms. The summed E-state index contributed by atoms with van der Waals surface area (Å²) >= 11 is 7.95. The van der Waals surface area contributed by atoms with Gasteiger partial charge < -0.3 is 4.74 Å². The fraction of sp³-hybridized carbons (Fsp3) is 0.154. The number of hydrogen-bond acceptors (Lipinski definition) is 6. The molecule has 0 saturated carbocycles. The molecule has 2 aromatic carbocycles. The molecule has 0 fully saturated rings. The first-order valence-electron chi connectivity index (χ1n) is 10.9. The predicted octanol–water partition coefficient (Wildman–Crippen LogP) is 3.56. The normalized spacial score (nSPS) is 15.7. The van der Waals surface area contributed by atoms with Crippen LogP contribution in [0.4, 0.5) is 0 Å². The zero-order valence-electron chi connectivity index (χ0n) is 19.2. The van der Waals surface area contributed by atoms with Crippen LogP contribution >= 0.6 is 22.9 Å². The number of thiazole rings is 1. The maximum absolute atomic E-state index is 13.7.